The van der Waals surface area contributed by atoms with Crippen LogP contribution in [0.3, 0.4) is 0 Å². The predicted octanol–water partition coefficient (Wildman–Crippen LogP) is 1.94. The minimum atomic E-state index is -0.390. The first-order valence-corrected chi connectivity index (χ1v) is 5.82. The second kappa shape index (κ2) is 6.32. The summed E-state index contributed by atoms with van der Waals surface area (Å²) in [5, 5.41) is 10.6. The molecule has 0 spiro atoms. The largest absolute Gasteiger partial charge is 0.329 e. The molecule has 5 heteroatoms. The van der Waals surface area contributed by atoms with E-state index >= 15 is 0 Å². The quantitative estimate of drug-likeness (QED) is 0.606. The number of benzene rings is 1. The molecule has 0 aromatic heterocycles. The van der Waals surface area contributed by atoms with E-state index in [1.54, 1.807) is 12.1 Å². The highest BCUT2D eigenvalue weighted by atomic mass is 16.6. The minimum Gasteiger partial charge on any atom is -0.329 e. The normalized spacial score (nSPS) is 12.7. The summed E-state index contributed by atoms with van der Waals surface area (Å²) in [6, 6.07) is 6.76. The van der Waals surface area contributed by atoms with Gasteiger partial charge in [0.25, 0.3) is 5.69 Å². The average Bonchev–Trinajstić information content (AvgIpc) is 2.36. The van der Waals surface area contributed by atoms with Crippen LogP contribution < -0.4 is 5.73 Å². The maximum atomic E-state index is 10.6. The van der Waals surface area contributed by atoms with Gasteiger partial charge in [-0.15, -0.1) is 0 Å². The molecule has 0 aliphatic carbocycles. The average molecular weight is 237 g/mol. The van der Waals surface area contributed by atoms with Crippen molar-refractivity contribution in [2.75, 3.05) is 19.6 Å². The standard InChI is InChI=1S/C12H19N3O2/c1-3-14(4-2)12(9-13)10-5-7-11(8-6-10)15(16)17/h5-8,12H,3-4,9,13H2,1-2H3. The number of likely N-dealkylation sites (N-methyl/N-ethyl adjacent to an activating group) is 1. The summed E-state index contributed by atoms with van der Waals surface area (Å²) >= 11 is 0. The second-order valence-electron chi connectivity index (χ2n) is 3.82. The summed E-state index contributed by atoms with van der Waals surface area (Å²) in [6.45, 7) is 6.50. The van der Waals surface area contributed by atoms with Gasteiger partial charge >= 0.3 is 0 Å². The Hall–Kier alpha value is -1.46. The summed E-state index contributed by atoms with van der Waals surface area (Å²) in [6.07, 6.45) is 0. The predicted molar refractivity (Wildman–Crippen MR) is 67.8 cm³/mol. The van der Waals surface area contributed by atoms with Crippen LogP contribution in [-0.4, -0.2) is 29.5 Å². The SMILES string of the molecule is CCN(CC)C(CN)c1ccc([N+](=O)[O-])cc1. The Kier molecular flexibility index (Phi) is 5.06. The fraction of sp³-hybridized carbons (Fsp3) is 0.500. The van der Waals surface area contributed by atoms with Gasteiger partial charge in [0, 0.05) is 24.7 Å². The van der Waals surface area contributed by atoms with Crippen LogP contribution in [0.2, 0.25) is 0 Å². The highest BCUT2D eigenvalue weighted by Gasteiger charge is 2.16. The molecular formula is C12H19N3O2. The molecule has 0 aliphatic heterocycles. The summed E-state index contributed by atoms with van der Waals surface area (Å²) in [5.41, 5.74) is 6.92. The van der Waals surface area contributed by atoms with E-state index in [1.807, 2.05) is 0 Å². The molecule has 1 aromatic rings. The van der Waals surface area contributed by atoms with E-state index in [2.05, 4.69) is 18.7 Å². The molecule has 0 bridgehead atoms. The molecule has 0 radical (unpaired) electrons. The molecule has 0 saturated carbocycles. The van der Waals surface area contributed by atoms with Gasteiger partial charge in [-0.25, -0.2) is 0 Å². The van der Waals surface area contributed by atoms with Gasteiger partial charge in [-0.05, 0) is 18.7 Å². The Morgan fingerprint density at radius 1 is 1.29 bits per heavy atom. The topological polar surface area (TPSA) is 72.4 Å². The third kappa shape index (κ3) is 3.25. The summed E-state index contributed by atoms with van der Waals surface area (Å²) in [5.74, 6) is 0. The van der Waals surface area contributed by atoms with Crippen molar-refractivity contribution in [3.05, 3.63) is 39.9 Å². The van der Waals surface area contributed by atoms with Crippen LogP contribution in [0.15, 0.2) is 24.3 Å². The van der Waals surface area contributed by atoms with E-state index < -0.39 is 4.92 Å². The van der Waals surface area contributed by atoms with Gasteiger partial charge < -0.3 is 5.73 Å². The van der Waals surface area contributed by atoms with Crippen molar-refractivity contribution in [1.82, 2.24) is 4.90 Å². The molecule has 0 amide bonds. The Bertz CT molecular complexity index is 361. The molecular weight excluding hydrogens is 218 g/mol. The Labute approximate surface area is 101 Å². The molecule has 5 nitrogen and oxygen atoms in total. The molecule has 1 aromatic carbocycles. The zero-order valence-corrected chi connectivity index (χ0v) is 10.3. The Morgan fingerprint density at radius 2 is 1.82 bits per heavy atom. The first-order chi connectivity index (χ1) is 8.13. The number of non-ortho nitro benzene ring substituents is 1. The molecule has 0 fully saturated rings. The number of hydrogen-bond acceptors (Lipinski definition) is 4. The number of nitrogens with two attached hydrogens (primary N) is 1. The third-order valence-corrected chi connectivity index (χ3v) is 2.97. The van der Waals surface area contributed by atoms with Crippen molar-refractivity contribution in [2.24, 2.45) is 5.73 Å². The van der Waals surface area contributed by atoms with Crippen LogP contribution in [0.25, 0.3) is 0 Å². The molecule has 17 heavy (non-hydrogen) atoms. The van der Waals surface area contributed by atoms with Gasteiger partial charge in [0.05, 0.1) is 4.92 Å². The summed E-state index contributed by atoms with van der Waals surface area (Å²) < 4.78 is 0. The lowest BCUT2D eigenvalue weighted by Crippen LogP contribution is -2.33. The van der Waals surface area contributed by atoms with E-state index in [0.29, 0.717) is 6.54 Å². The van der Waals surface area contributed by atoms with Crippen LogP contribution in [0.1, 0.15) is 25.5 Å². The van der Waals surface area contributed by atoms with E-state index in [4.69, 9.17) is 5.73 Å². The van der Waals surface area contributed by atoms with Crippen molar-refractivity contribution in [1.29, 1.82) is 0 Å². The van der Waals surface area contributed by atoms with Gasteiger partial charge in [-0.3, -0.25) is 15.0 Å². The number of rotatable bonds is 6. The van der Waals surface area contributed by atoms with Gasteiger partial charge in [-0.1, -0.05) is 26.0 Å². The lowest BCUT2D eigenvalue weighted by Gasteiger charge is -2.28. The fourth-order valence-electron chi connectivity index (χ4n) is 1.98. The maximum absolute atomic E-state index is 10.6. The van der Waals surface area contributed by atoms with Gasteiger partial charge in [0.1, 0.15) is 0 Å². The lowest BCUT2D eigenvalue weighted by atomic mass is 10.0. The Balaban J connectivity index is 2.92. The first-order valence-electron chi connectivity index (χ1n) is 5.82. The number of nitro groups is 1. The molecule has 1 atom stereocenters. The molecule has 0 aliphatic rings. The third-order valence-electron chi connectivity index (χ3n) is 2.97. The highest BCUT2D eigenvalue weighted by Crippen LogP contribution is 2.21. The zero-order valence-electron chi connectivity index (χ0n) is 10.3. The van der Waals surface area contributed by atoms with Crippen LogP contribution in [0.5, 0.6) is 0 Å². The molecule has 2 N–H and O–H groups in total. The van der Waals surface area contributed by atoms with Gasteiger partial charge in [-0.2, -0.15) is 0 Å². The molecule has 0 heterocycles. The first kappa shape index (κ1) is 13.6. The number of hydrogen-bond donors (Lipinski definition) is 1. The lowest BCUT2D eigenvalue weighted by molar-refractivity contribution is -0.384. The fourth-order valence-corrected chi connectivity index (χ4v) is 1.98. The van der Waals surface area contributed by atoms with Crippen molar-refractivity contribution >= 4 is 5.69 Å². The van der Waals surface area contributed by atoms with Crippen molar-refractivity contribution in [3.8, 4) is 0 Å². The van der Waals surface area contributed by atoms with Gasteiger partial charge in [0.15, 0.2) is 0 Å². The number of nitrogens with zero attached hydrogens (tertiary/aromatic N) is 2. The highest BCUT2D eigenvalue weighted by molar-refractivity contribution is 5.34. The molecule has 1 rings (SSSR count). The van der Waals surface area contributed by atoms with Crippen LogP contribution in [0.4, 0.5) is 5.69 Å². The summed E-state index contributed by atoms with van der Waals surface area (Å²) in [7, 11) is 0. The van der Waals surface area contributed by atoms with E-state index in [1.165, 1.54) is 12.1 Å². The van der Waals surface area contributed by atoms with E-state index in [-0.39, 0.29) is 11.7 Å². The van der Waals surface area contributed by atoms with E-state index in [0.717, 1.165) is 18.7 Å². The van der Waals surface area contributed by atoms with Crippen LogP contribution >= 0.6 is 0 Å². The molecule has 0 saturated heterocycles. The van der Waals surface area contributed by atoms with Crippen LogP contribution in [-0.2, 0) is 0 Å². The monoisotopic (exact) mass is 237 g/mol. The van der Waals surface area contributed by atoms with E-state index in [9.17, 15) is 10.1 Å². The minimum absolute atomic E-state index is 0.115. The smallest absolute Gasteiger partial charge is 0.269 e. The zero-order chi connectivity index (χ0) is 12.8. The van der Waals surface area contributed by atoms with Crippen molar-refractivity contribution in [2.45, 2.75) is 19.9 Å². The molecule has 1 unspecified atom stereocenters. The second-order valence-corrected chi connectivity index (χ2v) is 3.82. The van der Waals surface area contributed by atoms with Gasteiger partial charge in [0.2, 0.25) is 0 Å². The maximum Gasteiger partial charge on any atom is 0.269 e. The van der Waals surface area contributed by atoms with Crippen molar-refractivity contribution in [3.63, 3.8) is 0 Å². The molecule has 94 valence electrons. The Morgan fingerprint density at radius 3 is 2.18 bits per heavy atom. The summed E-state index contributed by atoms with van der Waals surface area (Å²) in [4.78, 5) is 12.4. The number of nitro benzene ring substituents is 1. The van der Waals surface area contributed by atoms with Crippen LogP contribution in [0, 0.1) is 10.1 Å². The van der Waals surface area contributed by atoms with Crippen molar-refractivity contribution < 1.29 is 4.92 Å².